The van der Waals surface area contributed by atoms with E-state index in [0.29, 0.717) is 0 Å². The molecule has 1 N–H and O–H groups in total. The van der Waals surface area contributed by atoms with E-state index in [2.05, 4.69) is 27.3 Å². The highest BCUT2D eigenvalue weighted by atomic mass is 79.9. The Balaban J connectivity index is 2.30. The lowest BCUT2D eigenvalue weighted by Gasteiger charge is -2.15. The van der Waals surface area contributed by atoms with Crippen LogP contribution in [0.15, 0.2) is 53.0 Å². The van der Waals surface area contributed by atoms with Crippen LogP contribution >= 0.6 is 15.9 Å². The van der Waals surface area contributed by atoms with Gasteiger partial charge in [-0.05, 0) is 30.3 Å². The Bertz CT molecular complexity index is 593. The predicted octanol–water partition coefficient (Wildman–Crippen LogP) is 4.13. The Morgan fingerprint density at radius 2 is 1.95 bits per heavy atom. The lowest BCUT2D eigenvalue weighted by molar-refractivity contribution is 0.414. The summed E-state index contributed by atoms with van der Waals surface area (Å²) in [6, 6.07) is 17.1. The zero-order valence-corrected chi connectivity index (χ0v) is 12.0. The molecule has 0 aliphatic rings. The van der Waals surface area contributed by atoms with Gasteiger partial charge < -0.3 is 10.1 Å². The number of halogens is 1. The van der Waals surface area contributed by atoms with Crippen molar-refractivity contribution in [1.29, 1.82) is 5.26 Å². The molecular formula is C15H13BrN2O. The first-order valence-corrected chi connectivity index (χ1v) is 6.58. The van der Waals surface area contributed by atoms with E-state index in [4.69, 9.17) is 4.74 Å². The molecule has 0 amide bonds. The molecule has 19 heavy (non-hydrogen) atoms. The van der Waals surface area contributed by atoms with Crippen LogP contribution in [0.25, 0.3) is 0 Å². The van der Waals surface area contributed by atoms with E-state index in [1.807, 2.05) is 48.5 Å². The quantitative estimate of drug-likeness (QED) is 0.922. The molecule has 0 fully saturated rings. The number of rotatable bonds is 4. The summed E-state index contributed by atoms with van der Waals surface area (Å²) in [5.41, 5.74) is 1.76. The summed E-state index contributed by atoms with van der Waals surface area (Å²) in [5.74, 6) is 0.730. The average molecular weight is 317 g/mol. The minimum absolute atomic E-state index is 0.438. The van der Waals surface area contributed by atoms with Crippen LogP contribution in [0.1, 0.15) is 11.6 Å². The van der Waals surface area contributed by atoms with Gasteiger partial charge in [-0.2, -0.15) is 5.26 Å². The molecule has 0 heterocycles. The summed E-state index contributed by atoms with van der Waals surface area (Å²) in [4.78, 5) is 0. The molecule has 0 saturated heterocycles. The maximum absolute atomic E-state index is 9.35. The maximum Gasteiger partial charge on any atom is 0.141 e. The first-order chi connectivity index (χ1) is 9.24. The number of methoxy groups -OCH3 is 1. The van der Waals surface area contributed by atoms with Gasteiger partial charge in [0.2, 0.25) is 0 Å². The molecule has 0 saturated carbocycles. The van der Waals surface area contributed by atoms with Gasteiger partial charge in [0.15, 0.2) is 0 Å². The second-order valence-corrected chi connectivity index (χ2v) is 4.81. The fourth-order valence-corrected chi connectivity index (χ4v) is 2.23. The van der Waals surface area contributed by atoms with Crippen molar-refractivity contribution < 1.29 is 4.74 Å². The van der Waals surface area contributed by atoms with Crippen LogP contribution in [0.5, 0.6) is 5.75 Å². The highest BCUT2D eigenvalue weighted by Gasteiger charge is 2.14. The largest absolute Gasteiger partial charge is 0.497 e. The maximum atomic E-state index is 9.35. The molecule has 0 aliphatic heterocycles. The van der Waals surface area contributed by atoms with E-state index in [-0.39, 0.29) is 0 Å². The van der Waals surface area contributed by atoms with Crippen molar-refractivity contribution in [3.8, 4) is 11.8 Å². The Morgan fingerprint density at radius 3 is 2.58 bits per heavy atom. The van der Waals surface area contributed by atoms with Gasteiger partial charge in [0.1, 0.15) is 11.8 Å². The molecule has 0 aromatic heterocycles. The zero-order valence-electron chi connectivity index (χ0n) is 10.4. The molecule has 0 radical (unpaired) electrons. The third-order valence-corrected chi connectivity index (χ3v) is 3.45. The summed E-state index contributed by atoms with van der Waals surface area (Å²) >= 11 is 3.47. The third-order valence-electron chi connectivity index (χ3n) is 2.73. The van der Waals surface area contributed by atoms with Gasteiger partial charge in [0, 0.05) is 15.7 Å². The normalized spacial score (nSPS) is 11.4. The van der Waals surface area contributed by atoms with Gasteiger partial charge in [0.05, 0.1) is 13.2 Å². The van der Waals surface area contributed by atoms with Crippen molar-refractivity contribution in [2.24, 2.45) is 0 Å². The molecule has 2 aromatic carbocycles. The molecule has 0 aliphatic carbocycles. The van der Waals surface area contributed by atoms with Gasteiger partial charge in [-0.1, -0.05) is 34.1 Å². The zero-order chi connectivity index (χ0) is 13.7. The van der Waals surface area contributed by atoms with Gasteiger partial charge in [0.25, 0.3) is 0 Å². The molecule has 96 valence electrons. The Morgan fingerprint density at radius 1 is 1.21 bits per heavy atom. The monoisotopic (exact) mass is 316 g/mol. The number of nitrogens with zero attached hydrogens (tertiary/aromatic N) is 1. The highest BCUT2D eigenvalue weighted by Crippen LogP contribution is 2.29. The fraction of sp³-hybridized carbons (Fsp3) is 0.133. The molecule has 2 rings (SSSR count). The Hall–Kier alpha value is -1.99. The lowest BCUT2D eigenvalue weighted by atomic mass is 10.1. The second kappa shape index (κ2) is 6.26. The molecule has 2 aromatic rings. The molecular weight excluding hydrogens is 304 g/mol. The van der Waals surface area contributed by atoms with Gasteiger partial charge >= 0.3 is 0 Å². The van der Waals surface area contributed by atoms with Crippen LogP contribution in [0.3, 0.4) is 0 Å². The van der Waals surface area contributed by atoms with Crippen LogP contribution in [0, 0.1) is 11.3 Å². The van der Waals surface area contributed by atoms with Crippen LogP contribution in [-0.2, 0) is 0 Å². The Labute approximate surface area is 121 Å². The van der Waals surface area contributed by atoms with E-state index in [9.17, 15) is 5.26 Å². The van der Waals surface area contributed by atoms with E-state index in [0.717, 1.165) is 21.5 Å². The van der Waals surface area contributed by atoms with Crippen molar-refractivity contribution in [2.75, 3.05) is 12.4 Å². The number of ether oxygens (including phenoxy) is 1. The van der Waals surface area contributed by atoms with Crippen LogP contribution in [0.4, 0.5) is 5.69 Å². The highest BCUT2D eigenvalue weighted by molar-refractivity contribution is 9.10. The minimum Gasteiger partial charge on any atom is -0.497 e. The number of hydrogen-bond donors (Lipinski definition) is 1. The number of para-hydroxylation sites is 1. The van der Waals surface area contributed by atoms with Crippen LogP contribution in [0.2, 0.25) is 0 Å². The fourth-order valence-electron chi connectivity index (χ4n) is 1.75. The van der Waals surface area contributed by atoms with Crippen molar-refractivity contribution >= 4 is 21.6 Å². The third kappa shape index (κ3) is 3.27. The second-order valence-electron chi connectivity index (χ2n) is 3.96. The van der Waals surface area contributed by atoms with Gasteiger partial charge in [-0.15, -0.1) is 0 Å². The number of nitrogens with one attached hydrogen (secondary N) is 1. The molecule has 1 atom stereocenters. The average Bonchev–Trinajstić information content (AvgIpc) is 2.47. The van der Waals surface area contributed by atoms with Crippen molar-refractivity contribution in [3.63, 3.8) is 0 Å². The molecule has 0 bridgehead atoms. The first-order valence-electron chi connectivity index (χ1n) is 5.79. The summed E-state index contributed by atoms with van der Waals surface area (Å²) in [5, 5.41) is 12.5. The Kier molecular flexibility index (Phi) is 4.43. The summed E-state index contributed by atoms with van der Waals surface area (Å²) < 4.78 is 6.07. The van der Waals surface area contributed by atoms with E-state index < -0.39 is 6.04 Å². The van der Waals surface area contributed by atoms with Gasteiger partial charge in [-0.3, -0.25) is 0 Å². The number of anilines is 1. The summed E-state index contributed by atoms with van der Waals surface area (Å²) in [7, 11) is 1.61. The minimum atomic E-state index is -0.438. The van der Waals surface area contributed by atoms with Crippen LogP contribution in [-0.4, -0.2) is 7.11 Å². The molecule has 0 spiro atoms. The smallest absolute Gasteiger partial charge is 0.141 e. The number of benzene rings is 2. The predicted molar refractivity (Wildman–Crippen MR) is 79.1 cm³/mol. The van der Waals surface area contributed by atoms with Gasteiger partial charge in [-0.25, -0.2) is 0 Å². The first kappa shape index (κ1) is 13.4. The molecule has 3 nitrogen and oxygen atoms in total. The lowest BCUT2D eigenvalue weighted by Crippen LogP contribution is -2.09. The molecule has 4 heteroatoms. The van der Waals surface area contributed by atoms with E-state index >= 15 is 0 Å². The summed E-state index contributed by atoms with van der Waals surface area (Å²) in [6.45, 7) is 0. The SMILES string of the molecule is COc1ccc(Br)c(C(C#N)Nc2ccccc2)c1. The van der Waals surface area contributed by atoms with Crippen molar-refractivity contribution in [1.82, 2.24) is 0 Å². The standard InChI is InChI=1S/C15H13BrN2O/c1-19-12-7-8-14(16)13(9-12)15(10-17)18-11-5-3-2-4-6-11/h2-9,15,18H,1H3. The van der Waals surface area contributed by atoms with E-state index in [1.165, 1.54) is 0 Å². The number of hydrogen-bond acceptors (Lipinski definition) is 3. The molecule has 1 unspecified atom stereocenters. The summed E-state index contributed by atoms with van der Waals surface area (Å²) in [6.07, 6.45) is 0. The topological polar surface area (TPSA) is 45.0 Å². The van der Waals surface area contributed by atoms with Crippen LogP contribution < -0.4 is 10.1 Å². The number of nitriles is 1. The van der Waals surface area contributed by atoms with Crippen molar-refractivity contribution in [2.45, 2.75) is 6.04 Å². The van der Waals surface area contributed by atoms with E-state index in [1.54, 1.807) is 7.11 Å². The van der Waals surface area contributed by atoms with Crippen molar-refractivity contribution in [3.05, 3.63) is 58.6 Å².